The summed E-state index contributed by atoms with van der Waals surface area (Å²) in [6.45, 7) is 0. The molecule has 1 aromatic carbocycles. The Balaban J connectivity index is 1.69. The maximum Gasteiger partial charge on any atom is 0.155 e. The molecule has 0 spiro atoms. The van der Waals surface area contributed by atoms with E-state index in [0.29, 0.717) is 0 Å². The van der Waals surface area contributed by atoms with Crippen molar-refractivity contribution in [2.75, 3.05) is 5.75 Å². The van der Waals surface area contributed by atoms with Crippen molar-refractivity contribution in [3.8, 4) is 11.3 Å². The molecule has 2 heterocycles. The largest absolute Gasteiger partial charge is 0.322 e. The van der Waals surface area contributed by atoms with E-state index in [1.165, 1.54) is 6.42 Å². The zero-order valence-corrected chi connectivity index (χ0v) is 13.3. The van der Waals surface area contributed by atoms with Crippen LogP contribution in [0.4, 0.5) is 0 Å². The van der Waals surface area contributed by atoms with Gasteiger partial charge in [-0.15, -0.1) is 0 Å². The fraction of sp³-hybridized carbons (Fsp3) is 0.471. The Labute approximate surface area is 131 Å². The van der Waals surface area contributed by atoms with E-state index in [9.17, 15) is 8.42 Å². The molecule has 1 aromatic heterocycles. The minimum atomic E-state index is -3.08. The lowest BCUT2D eigenvalue weighted by Crippen LogP contribution is -2.30. The second kappa shape index (κ2) is 5.23. The molecule has 1 saturated carbocycles. The normalized spacial score (nSPS) is 21.5. The lowest BCUT2D eigenvalue weighted by atomic mass is 10.0. The molecule has 1 fully saturated rings. The van der Waals surface area contributed by atoms with E-state index >= 15 is 0 Å². The third kappa shape index (κ3) is 2.19. The maximum absolute atomic E-state index is 12.8. The van der Waals surface area contributed by atoms with Crippen LogP contribution in [0.25, 0.3) is 11.3 Å². The molecule has 1 unspecified atom stereocenters. The standard InChI is InChI=1S/C17H20N2O2S/c20-22(21,13-6-2-1-3-7-13)11-17-15-9-5-4-8-14(15)16-10-18-12-19(16)17/h4-5,8-10,12-13,17H,1-3,6-7,11H2. The predicted octanol–water partition coefficient (Wildman–Crippen LogP) is 3.20. The Morgan fingerprint density at radius 3 is 2.73 bits per heavy atom. The van der Waals surface area contributed by atoms with Gasteiger partial charge in [-0.3, -0.25) is 0 Å². The second-order valence-electron chi connectivity index (χ2n) is 6.38. The number of rotatable bonds is 3. The summed E-state index contributed by atoms with van der Waals surface area (Å²) in [7, 11) is -3.08. The highest BCUT2D eigenvalue weighted by molar-refractivity contribution is 7.92. The average Bonchev–Trinajstić information content (AvgIpc) is 3.12. The summed E-state index contributed by atoms with van der Waals surface area (Å²) >= 11 is 0. The zero-order valence-electron chi connectivity index (χ0n) is 12.5. The molecule has 1 atom stereocenters. The molecule has 2 aliphatic rings. The molecule has 116 valence electrons. The second-order valence-corrected chi connectivity index (χ2v) is 8.70. The van der Waals surface area contributed by atoms with Gasteiger partial charge < -0.3 is 4.57 Å². The van der Waals surface area contributed by atoms with Crippen molar-refractivity contribution >= 4 is 9.84 Å². The van der Waals surface area contributed by atoms with E-state index in [-0.39, 0.29) is 17.0 Å². The highest BCUT2D eigenvalue weighted by Gasteiger charge is 2.35. The molecule has 0 bridgehead atoms. The van der Waals surface area contributed by atoms with Gasteiger partial charge in [0.25, 0.3) is 0 Å². The van der Waals surface area contributed by atoms with Crippen LogP contribution in [0.5, 0.6) is 0 Å². The van der Waals surface area contributed by atoms with Crippen LogP contribution < -0.4 is 0 Å². The maximum atomic E-state index is 12.8. The lowest BCUT2D eigenvalue weighted by molar-refractivity contribution is 0.479. The molecule has 0 radical (unpaired) electrons. The third-order valence-electron chi connectivity index (χ3n) is 5.05. The monoisotopic (exact) mass is 316 g/mol. The van der Waals surface area contributed by atoms with Gasteiger partial charge in [-0.1, -0.05) is 43.5 Å². The van der Waals surface area contributed by atoms with Gasteiger partial charge in [0.15, 0.2) is 9.84 Å². The van der Waals surface area contributed by atoms with Crippen molar-refractivity contribution < 1.29 is 8.42 Å². The first-order valence-corrected chi connectivity index (χ1v) is 9.71. The van der Waals surface area contributed by atoms with E-state index in [0.717, 1.165) is 42.5 Å². The number of fused-ring (bicyclic) bond motifs is 3. The van der Waals surface area contributed by atoms with Gasteiger partial charge in [-0.25, -0.2) is 13.4 Å². The van der Waals surface area contributed by atoms with Crippen LogP contribution in [0, 0.1) is 0 Å². The summed E-state index contributed by atoms with van der Waals surface area (Å²) in [5.41, 5.74) is 3.25. The third-order valence-corrected chi connectivity index (χ3v) is 7.32. The molecule has 2 aromatic rings. The molecule has 4 nitrogen and oxygen atoms in total. The van der Waals surface area contributed by atoms with Gasteiger partial charge in [0.1, 0.15) is 0 Å². The van der Waals surface area contributed by atoms with E-state index in [2.05, 4.69) is 11.1 Å². The van der Waals surface area contributed by atoms with Gasteiger partial charge in [-0.2, -0.15) is 0 Å². The Morgan fingerprint density at radius 1 is 1.14 bits per heavy atom. The SMILES string of the molecule is O=S(=O)(CC1c2ccccc2-c2cncn21)C1CCCCC1. The number of aromatic nitrogens is 2. The van der Waals surface area contributed by atoms with Crippen LogP contribution in [0.3, 0.4) is 0 Å². The number of benzene rings is 1. The highest BCUT2D eigenvalue weighted by Crippen LogP contribution is 2.40. The number of hydrogen-bond donors (Lipinski definition) is 0. The Kier molecular flexibility index (Phi) is 3.33. The molecule has 5 heteroatoms. The summed E-state index contributed by atoms with van der Waals surface area (Å²) in [5.74, 6) is 0.192. The van der Waals surface area contributed by atoms with Crippen molar-refractivity contribution in [3.05, 3.63) is 42.4 Å². The van der Waals surface area contributed by atoms with Gasteiger partial charge in [0.05, 0.1) is 35.3 Å². The van der Waals surface area contributed by atoms with Gasteiger partial charge in [-0.05, 0) is 18.4 Å². The first-order valence-electron chi connectivity index (χ1n) is 7.99. The van der Waals surface area contributed by atoms with Crippen molar-refractivity contribution in [2.24, 2.45) is 0 Å². The van der Waals surface area contributed by atoms with Crippen LogP contribution in [0.15, 0.2) is 36.8 Å². The Hall–Kier alpha value is -1.62. The van der Waals surface area contributed by atoms with Crippen LogP contribution in [-0.4, -0.2) is 29.0 Å². The molecular weight excluding hydrogens is 296 g/mol. The number of imidazole rings is 1. The van der Waals surface area contributed by atoms with Crippen molar-refractivity contribution in [2.45, 2.75) is 43.4 Å². The van der Waals surface area contributed by atoms with Crippen molar-refractivity contribution in [3.63, 3.8) is 0 Å². The highest BCUT2D eigenvalue weighted by atomic mass is 32.2. The summed E-state index contributed by atoms with van der Waals surface area (Å²) in [6, 6.07) is 7.95. The van der Waals surface area contributed by atoms with E-state index < -0.39 is 9.84 Å². The fourth-order valence-corrected chi connectivity index (χ4v) is 5.99. The molecule has 4 rings (SSSR count). The Morgan fingerprint density at radius 2 is 1.91 bits per heavy atom. The quantitative estimate of drug-likeness (QED) is 0.874. The van der Waals surface area contributed by atoms with E-state index in [1.807, 2.05) is 29.0 Å². The van der Waals surface area contributed by atoms with Crippen molar-refractivity contribution in [1.29, 1.82) is 0 Å². The lowest BCUT2D eigenvalue weighted by Gasteiger charge is -2.24. The minimum Gasteiger partial charge on any atom is -0.322 e. The molecule has 0 N–H and O–H groups in total. The molecular formula is C17H20N2O2S. The number of hydrogen-bond acceptors (Lipinski definition) is 3. The summed E-state index contributed by atoms with van der Waals surface area (Å²) in [5, 5.41) is -0.152. The predicted molar refractivity (Wildman–Crippen MR) is 86.5 cm³/mol. The summed E-state index contributed by atoms with van der Waals surface area (Å²) < 4.78 is 27.7. The average molecular weight is 316 g/mol. The molecule has 0 amide bonds. The molecule has 1 aliphatic carbocycles. The topological polar surface area (TPSA) is 52.0 Å². The van der Waals surface area contributed by atoms with Gasteiger partial charge in [0.2, 0.25) is 0 Å². The molecule has 0 saturated heterocycles. The summed E-state index contributed by atoms with van der Waals surface area (Å²) in [4.78, 5) is 4.20. The van der Waals surface area contributed by atoms with Crippen LogP contribution >= 0.6 is 0 Å². The smallest absolute Gasteiger partial charge is 0.155 e. The van der Waals surface area contributed by atoms with E-state index in [4.69, 9.17) is 0 Å². The molecule has 22 heavy (non-hydrogen) atoms. The first kappa shape index (κ1) is 14.0. The van der Waals surface area contributed by atoms with Gasteiger partial charge >= 0.3 is 0 Å². The number of nitrogens with zero attached hydrogens (tertiary/aromatic N) is 2. The van der Waals surface area contributed by atoms with Crippen molar-refractivity contribution in [1.82, 2.24) is 9.55 Å². The summed E-state index contributed by atoms with van der Waals surface area (Å²) in [6.07, 6.45) is 8.50. The van der Waals surface area contributed by atoms with Crippen LogP contribution in [0.2, 0.25) is 0 Å². The fourth-order valence-electron chi connectivity index (χ4n) is 3.88. The van der Waals surface area contributed by atoms with Crippen LogP contribution in [-0.2, 0) is 9.84 Å². The zero-order chi connectivity index (χ0) is 15.2. The molecule has 1 aliphatic heterocycles. The number of sulfone groups is 1. The van der Waals surface area contributed by atoms with Crippen LogP contribution in [0.1, 0.15) is 43.7 Å². The van der Waals surface area contributed by atoms with E-state index in [1.54, 1.807) is 6.33 Å². The van der Waals surface area contributed by atoms with Gasteiger partial charge in [0, 0.05) is 5.56 Å². The Bertz CT molecular complexity index is 788. The first-order chi connectivity index (χ1) is 10.7. The minimum absolute atomic E-state index is 0.124.